The third-order valence-electron chi connectivity index (χ3n) is 5.12. The van der Waals surface area contributed by atoms with Gasteiger partial charge in [-0.15, -0.1) is 11.8 Å². The standard InChI is InChI=1S/C25H34N2O3S2Si/c1-19(2)18-24(25(28)27-15-14-26)31-22-10-6-20(7-11-22)21-8-12-23(13-9-21)32(29,30)16-17-33(3,4)5/h6-13,19,24H,15-18H2,1-5H3,(H,27,28). The molecule has 1 amide bonds. The third-order valence-corrected chi connectivity index (χ3v) is 10.2. The summed E-state index contributed by atoms with van der Waals surface area (Å²) in [6.45, 7) is 10.7. The summed E-state index contributed by atoms with van der Waals surface area (Å²) in [6, 6.07) is 17.7. The molecule has 2 aromatic carbocycles. The summed E-state index contributed by atoms with van der Waals surface area (Å²) in [5.41, 5.74) is 1.93. The summed E-state index contributed by atoms with van der Waals surface area (Å²) >= 11 is 1.50. The first-order valence-electron chi connectivity index (χ1n) is 11.2. The van der Waals surface area contributed by atoms with E-state index in [1.54, 1.807) is 12.1 Å². The summed E-state index contributed by atoms with van der Waals surface area (Å²) in [6.07, 6.45) is 0.720. The lowest BCUT2D eigenvalue weighted by molar-refractivity contribution is -0.120. The smallest absolute Gasteiger partial charge is 0.234 e. The molecule has 0 aromatic heterocycles. The fourth-order valence-electron chi connectivity index (χ4n) is 3.18. The zero-order valence-electron chi connectivity index (χ0n) is 20.1. The van der Waals surface area contributed by atoms with Crippen LogP contribution in [0.4, 0.5) is 0 Å². The summed E-state index contributed by atoms with van der Waals surface area (Å²) in [7, 11) is -4.69. The molecule has 0 aliphatic heterocycles. The first-order valence-corrected chi connectivity index (χ1v) is 17.4. The highest BCUT2D eigenvalue weighted by molar-refractivity contribution is 8.00. The molecule has 1 N–H and O–H groups in total. The molecule has 0 radical (unpaired) electrons. The van der Waals surface area contributed by atoms with E-state index in [-0.39, 0.29) is 23.5 Å². The van der Waals surface area contributed by atoms with Gasteiger partial charge in [-0.2, -0.15) is 5.26 Å². The average Bonchev–Trinajstić information content (AvgIpc) is 2.75. The number of hydrogen-bond acceptors (Lipinski definition) is 5. The lowest BCUT2D eigenvalue weighted by atomic mass is 10.1. The maximum atomic E-state index is 12.6. The molecular weight excluding hydrogens is 469 g/mol. The third kappa shape index (κ3) is 8.99. The minimum absolute atomic E-state index is 0.0107. The quantitative estimate of drug-likeness (QED) is 0.245. The van der Waals surface area contributed by atoms with Crippen LogP contribution in [0.5, 0.6) is 0 Å². The minimum Gasteiger partial charge on any atom is -0.342 e. The van der Waals surface area contributed by atoms with Crippen LogP contribution in [-0.4, -0.2) is 39.9 Å². The normalized spacial score (nSPS) is 12.9. The van der Waals surface area contributed by atoms with Gasteiger partial charge in [0.05, 0.1) is 22.0 Å². The molecule has 0 fully saturated rings. The predicted octanol–water partition coefficient (Wildman–Crippen LogP) is 5.61. The lowest BCUT2D eigenvalue weighted by Gasteiger charge is -2.18. The van der Waals surface area contributed by atoms with Crippen molar-refractivity contribution < 1.29 is 13.2 Å². The van der Waals surface area contributed by atoms with Gasteiger partial charge in [0.2, 0.25) is 5.91 Å². The van der Waals surface area contributed by atoms with E-state index in [4.69, 9.17) is 5.26 Å². The molecule has 8 heteroatoms. The molecule has 178 valence electrons. The van der Waals surface area contributed by atoms with Crippen molar-refractivity contribution in [2.24, 2.45) is 5.92 Å². The van der Waals surface area contributed by atoms with Crippen LogP contribution in [0.15, 0.2) is 58.3 Å². The molecule has 5 nitrogen and oxygen atoms in total. The Bertz CT molecular complexity index is 1070. The molecule has 0 aliphatic carbocycles. The second kappa shape index (κ2) is 11.9. The van der Waals surface area contributed by atoms with E-state index >= 15 is 0 Å². The van der Waals surface area contributed by atoms with Gasteiger partial charge in [-0.05, 0) is 53.8 Å². The number of thioether (sulfide) groups is 1. The van der Waals surface area contributed by atoms with Gasteiger partial charge in [0.25, 0.3) is 0 Å². The van der Waals surface area contributed by atoms with Gasteiger partial charge in [0, 0.05) is 13.0 Å². The number of hydrogen-bond donors (Lipinski definition) is 1. The molecule has 2 rings (SSSR count). The zero-order chi connectivity index (χ0) is 24.6. The number of rotatable bonds is 11. The predicted molar refractivity (Wildman–Crippen MR) is 140 cm³/mol. The van der Waals surface area contributed by atoms with Crippen molar-refractivity contribution in [2.45, 2.75) is 61.0 Å². The highest BCUT2D eigenvalue weighted by atomic mass is 32.2. The van der Waals surface area contributed by atoms with Crippen molar-refractivity contribution in [1.82, 2.24) is 5.32 Å². The number of nitriles is 1. The number of benzene rings is 2. The van der Waals surface area contributed by atoms with Crippen molar-refractivity contribution in [3.63, 3.8) is 0 Å². The van der Waals surface area contributed by atoms with Gasteiger partial charge in [0.15, 0.2) is 9.84 Å². The van der Waals surface area contributed by atoms with E-state index in [1.165, 1.54) is 11.8 Å². The fourth-order valence-corrected chi connectivity index (χ4v) is 8.78. The molecule has 1 atom stereocenters. The van der Waals surface area contributed by atoms with Crippen LogP contribution in [0, 0.1) is 17.2 Å². The minimum atomic E-state index is -3.26. The highest BCUT2D eigenvalue weighted by Gasteiger charge is 2.22. The summed E-state index contributed by atoms with van der Waals surface area (Å²) in [5, 5.41) is 11.1. The monoisotopic (exact) mass is 502 g/mol. The molecule has 0 heterocycles. The van der Waals surface area contributed by atoms with Crippen molar-refractivity contribution >= 4 is 35.6 Å². The average molecular weight is 503 g/mol. The van der Waals surface area contributed by atoms with E-state index in [2.05, 4.69) is 38.8 Å². The first-order chi connectivity index (χ1) is 15.4. The van der Waals surface area contributed by atoms with Crippen LogP contribution in [0.3, 0.4) is 0 Å². The second-order valence-electron chi connectivity index (χ2n) is 9.79. The van der Waals surface area contributed by atoms with E-state index in [9.17, 15) is 13.2 Å². The van der Waals surface area contributed by atoms with Crippen molar-refractivity contribution in [1.29, 1.82) is 5.26 Å². The van der Waals surface area contributed by atoms with Gasteiger partial charge >= 0.3 is 0 Å². The van der Waals surface area contributed by atoms with Gasteiger partial charge < -0.3 is 5.32 Å². The molecule has 0 saturated carbocycles. The maximum Gasteiger partial charge on any atom is 0.234 e. The van der Waals surface area contributed by atoms with E-state index in [0.717, 1.165) is 28.5 Å². The van der Waals surface area contributed by atoms with Gasteiger partial charge in [0.1, 0.15) is 6.54 Å². The van der Waals surface area contributed by atoms with Crippen molar-refractivity contribution in [3.8, 4) is 17.2 Å². The Morgan fingerprint density at radius 1 is 1.03 bits per heavy atom. The highest BCUT2D eigenvalue weighted by Crippen LogP contribution is 2.30. The van der Waals surface area contributed by atoms with Crippen molar-refractivity contribution in [2.75, 3.05) is 12.3 Å². The van der Waals surface area contributed by atoms with E-state index in [1.807, 2.05) is 42.5 Å². The largest absolute Gasteiger partial charge is 0.342 e. The van der Waals surface area contributed by atoms with Crippen LogP contribution >= 0.6 is 11.8 Å². The van der Waals surface area contributed by atoms with Gasteiger partial charge in [-0.3, -0.25) is 4.79 Å². The topological polar surface area (TPSA) is 87.0 Å². The van der Waals surface area contributed by atoms with Gasteiger partial charge in [-0.1, -0.05) is 57.8 Å². The molecule has 0 saturated heterocycles. The molecule has 33 heavy (non-hydrogen) atoms. The fraction of sp³-hybridized carbons (Fsp3) is 0.440. The Morgan fingerprint density at radius 2 is 1.58 bits per heavy atom. The van der Waals surface area contributed by atoms with Crippen LogP contribution in [0.1, 0.15) is 20.3 Å². The summed E-state index contributed by atoms with van der Waals surface area (Å²) < 4.78 is 25.3. The van der Waals surface area contributed by atoms with Gasteiger partial charge in [-0.25, -0.2) is 8.42 Å². The lowest BCUT2D eigenvalue weighted by Crippen LogP contribution is -2.33. The Kier molecular flexibility index (Phi) is 9.77. The number of carbonyl (C=O) groups excluding carboxylic acids is 1. The second-order valence-corrected chi connectivity index (χ2v) is 18.8. The molecule has 0 bridgehead atoms. The Morgan fingerprint density at radius 3 is 2.06 bits per heavy atom. The summed E-state index contributed by atoms with van der Waals surface area (Å²) in [4.78, 5) is 13.8. The number of nitrogens with one attached hydrogen (secondary N) is 1. The van der Waals surface area contributed by atoms with Crippen LogP contribution < -0.4 is 5.32 Å². The summed E-state index contributed by atoms with van der Waals surface area (Å²) in [5.74, 6) is 0.438. The molecule has 2 aromatic rings. The number of sulfone groups is 1. The zero-order valence-corrected chi connectivity index (χ0v) is 22.7. The molecular formula is C25H34N2O3S2Si. The Balaban J connectivity index is 2.11. The first kappa shape index (κ1) is 27.2. The van der Waals surface area contributed by atoms with Crippen molar-refractivity contribution in [3.05, 3.63) is 48.5 Å². The molecule has 0 spiro atoms. The number of nitrogens with zero attached hydrogens (tertiary/aromatic N) is 1. The molecule has 1 unspecified atom stereocenters. The van der Waals surface area contributed by atoms with Crippen LogP contribution in [0.2, 0.25) is 25.7 Å². The number of amides is 1. The van der Waals surface area contributed by atoms with Crippen LogP contribution in [-0.2, 0) is 14.6 Å². The maximum absolute atomic E-state index is 12.6. The number of carbonyl (C=O) groups is 1. The van der Waals surface area contributed by atoms with E-state index < -0.39 is 17.9 Å². The molecule has 0 aliphatic rings. The Labute approximate surface area is 203 Å². The SMILES string of the molecule is CC(C)CC(Sc1ccc(-c2ccc(S(=O)(=O)CC[Si](C)(C)C)cc2)cc1)C(=O)NCC#N. The van der Waals surface area contributed by atoms with Crippen LogP contribution in [0.25, 0.3) is 11.1 Å². The van der Waals surface area contributed by atoms with E-state index in [0.29, 0.717) is 10.8 Å². The Hall–Kier alpha value is -2.08.